The normalized spacial score (nSPS) is 10.5. The van der Waals surface area contributed by atoms with Gasteiger partial charge in [-0.05, 0) is 43.7 Å². The first kappa shape index (κ1) is 21.0. The molecule has 0 aliphatic heterocycles. The highest BCUT2D eigenvalue weighted by Gasteiger charge is 2.08. The molecule has 7 heteroatoms. The quantitative estimate of drug-likeness (QED) is 0.579. The number of methoxy groups -OCH3 is 1. The third-order valence-electron chi connectivity index (χ3n) is 4.56. The SMILES string of the molecule is COc1cccc(-c2ccc(=O)n(CCCC(=O)Nc3cccc(C(C)=O)c3)n2)c1. The fourth-order valence-corrected chi connectivity index (χ4v) is 2.97. The molecule has 0 spiro atoms. The van der Waals surface area contributed by atoms with Gasteiger partial charge >= 0.3 is 0 Å². The number of aromatic nitrogens is 2. The van der Waals surface area contributed by atoms with Gasteiger partial charge in [-0.15, -0.1) is 0 Å². The minimum absolute atomic E-state index is 0.0625. The Hall–Kier alpha value is -3.74. The van der Waals surface area contributed by atoms with Crippen LogP contribution in [0, 0.1) is 0 Å². The molecule has 1 N–H and O–H groups in total. The van der Waals surface area contributed by atoms with Gasteiger partial charge in [0.25, 0.3) is 5.56 Å². The zero-order valence-electron chi connectivity index (χ0n) is 16.9. The van der Waals surface area contributed by atoms with E-state index in [4.69, 9.17) is 4.74 Å². The lowest BCUT2D eigenvalue weighted by atomic mass is 10.1. The van der Waals surface area contributed by atoms with Crippen molar-refractivity contribution >= 4 is 17.4 Å². The zero-order chi connectivity index (χ0) is 21.5. The molecule has 1 aromatic heterocycles. The molecule has 0 fully saturated rings. The van der Waals surface area contributed by atoms with Gasteiger partial charge < -0.3 is 10.1 Å². The van der Waals surface area contributed by atoms with E-state index in [1.54, 1.807) is 37.4 Å². The van der Waals surface area contributed by atoms with Crippen LogP contribution in [0.5, 0.6) is 5.75 Å². The molecule has 3 rings (SSSR count). The number of benzene rings is 2. The Labute approximate surface area is 174 Å². The lowest BCUT2D eigenvalue weighted by molar-refractivity contribution is -0.116. The van der Waals surface area contributed by atoms with E-state index in [-0.39, 0.29) is 23.7 Å². The summed E-state index contributed by atoms with van der Waals surface area (Å²) in [6.07, 6.45) is 0.675. The molecular weight excluding hydrogens is 382 g/mol. The number of anilines is 1. The summed E-state index contributed by atoms with van der Waals surface area (Å²) in [6, 6.07) is 17.4. The fourth-order valence-electron chi connectivity index (χ4n) is 2.97. The molecule has 0 aliphatic carbocycles. The van der Waals surface area contributed by atoms with Crippen molar-refractivity contribution in [2.45, 2.75) is 26.3 Å². The third kappa shape index (κ3) is 5.41. The summed E-state index contributed by atoms with van der Waals surface area (Å²) in [4.78, 5) is 35.8. The fraction of sp³-hybridized carbons (Fsp3) is 0.217. The molecule has 3 aromatic rings. The van der Waals surface area contributed by atoms with E-state index < -0.39 is 0 Å². The number of ether oxygens (including phenoxy) is 1. The first-order chi connectivity index (χ1) is 14.5. The predicted molar refractivity (Wildman–Crippen MR) is 115 cm³/mol. The van der Waals surface area contributed by atoms with E-state index in [0.29, 0.717) is 35.7 Å². The van der Waals surface area contributed by atoms with Gasteiger partial charge in [-0.1, -0.05) is 24.3 Å². The number of carbonyl (C=O) groups is 2. The van der Waals surface area contributed by atoms with Crippen LogP contribution in [0.1, 0.15) is 30.1 Å². The molecule has 0 aliphatic rings. The highest BCUT2D eigenvalue weighted by atomic mass is 16.5. The summed E-state index contributed by atoms with van der Waals surface area (Å²) >= 11 is 0. The molecule has 2 aromatic carbocycles. The van der Waals surface area contributed by atoms with E-state index in [1.807, 2.05) is 24.3 Å². The molecule has 7 nitrogen and oxygen atoms in total. The number of hydrogen-bond acceptors (Lipinski definition) is 5. The zero-order valence-corrected chi connectivity index (χ0v) is 16.9. The summed E-state index contributed by atoms with van der Waals surface area (Å²) in [5.41, 5.74) is 2.38. The monoisotopic (exact) mass is 405 g/mol. The van der Waals surface area contributed by atoms with Crippen molar-refractivity contribution in [1.82, 2.24) is 9.78 Å². The van der Waals surface area contributed by atoms with Crippen molar-refractivity contribution in [3.8, 4) is 17.0 Å². The summed E-state index contributed by atoms with van der Waals surface area (Å²) in [7, 11) is 1.59. The minimum Gasteiger partial charge on any atom is -0.497 e. The third-order valence-corrected chi connectivity index (χ3v) is 4.56. The molecule has 1 amide bonds. The number of nitrogens with one attached hydrogen (secondary N) is 1. The molecule has 0 unspecified atom stereocenters. The summed E-state index contributed by atoms with van der Waals surface area (Å²) in [5, 5.41) is 7.18. The molecule has 154 valence electrons. The Balaban J connectivity index is 1.61. The molecule has 0 bridgehead atoms. The van der Waals surface area contributed by atoms with Gasteiger partial charge in [0.05, 0.1) is 12.8 Å². The van der Waals surface area contributed by atoms with E-state index in [1.165, 1.54) is 17.7 Å². The van der Waals surface area contributed by atoms with Gasteiger partial charge in [0.2, 0.25) is 5.91 Å². The first-order valence-corrected chi connectivity index (χ1v) is 9.60. The van der Waals surface area contributed by atoms with Crippen LogP contribution >= 0.6 is 0 Å². The van der Waals surface area contributed by atoms with Crippen molar-refractivity contribution < 1.29 is 14.3 Å². The summed E-state index contributed by atoms with van der Waals surface area (Å²) in [5.74, 6) is 0.456. The second-order valence-corrected chi connectivity index (χ2v) is 6.80. The maximum Gasteiger partial charge on any atom is 0.266 e. The number of hydrogen-bond donors (Lipinski definition) is 1. The topological polar surface area (TPSA) is 90.3 Å². The second-order valence-electron chi connectivity index (χ2n) is 6.80. The van der Waals surface area contributed by atoms with Gasteiger partial charge in [0, 0.05) is 35.8 Å². The van der Waals surface area contributed by atoms with Crippen LogP contribution in [-0.4, -0.2) is 28.6 Å². The van der Waals surface area contributed by atoms with Gasteiger partial charge in [0.15, 0.2) is 5.78 Å². The van der Waals surface area contributed by atoms with Gasteiger partial charge in [-0.3, -0.25) is 14.4 Å². The van der Waals surface area contributed by atoms with Crippen molar-refractivity contribution in [3.05, 3.63) is 76.6 Å². The summed E-state index contributed by atoms with van der Waals surface area (Å²) < 4.78 is 6.59. The van der Waals surface area contributed by atoms with Crippen LogP contribution in [0.15, 0.2) is 65.5 Å². The predicted octanol–water partition coefficient (Wildman–Crippen LogP) is 3.54. The standard InChI is InChI=1S/C23H23N3O4/c1-16(27)17-6-3-8-19(14-17)24-22(28)10-5-13-26-23(29)12-11-21(25-26)18-7-4-9-20(15-18)30-2/h3-4,6-9,11-12,14-15H,5,10,13H2,1-2H3,(H,24,28). The van der Waals surface area contributed by atoms with Crippen LogP contribution in [-0.2, 0) is 11.3 Å². The van der Waals surface area contributed by atoms with Crippen molar-refractivity contribution in [1.29, 1.82) is 0 Å². The van der Waals surface area contributed by atoms with Gasteiger partial charge in [0.1, 0.15) is 5.75 Å². The molecule has 0 atom stereocenters. The Kier molecular flexibility index (Phi) is 6.75. The van der Waals surface area contributed by atoms with Crippen LogP contribution < -0.4 is 15.6 Å². The molecule has 30 heavy (non-hydrogen) atoms. The van der Waals surface area contributed by atoms with Crippen molar-refractivity contribution in [2.75, 3.05) is 12.4 Å². The van der Waals surface area contributed by atoms with Crippen LogP contribution in [0.2, 0.25) is 0 Å². The number of aryl methyl sites for hydroxylation is 1. The summed E-state index contributed by atoms with van der Waals surface area (Å²) in [6.45, 7) is 1.79. The number of rotatable bonds is 8. The van der Waals surface area contributed by atoms with E-state index in [0.717, 1.165) is 5.56 Å². The Morgan fingerprint density at radius 2 is 1.87 bits per heavy atom. The number of Topliss-reactive ketones (excluding diaryl/α,β-unsaturated/α-hetero) is 1. The first-order valence-electron chi connectivity index (χ1n) is 9.60. The van der Waals surface area contributed by atoms with Crippen LogP contribution in [0.3, 0.4) is 0 Å². The average molecular weight is 405 g/mol. The van der Waals surface area contributed by atoms with E-state index in [9.17, 15) is 14.4 Å². The van der Waals surface area contributed by atoms with Crippen molar-refractivity contribution in [3.63, 3.8) is 0 Å². The Bertz CT molecular complexity index is 1120. The van der Waals surface area contributed by atoms with E-state index in [2.05, 4.69) is 10.4 Å². The van der Waals surface area contributed by atoms with Crippen LogP contribution in [0.25, 0.3) is 11.3 Å². The highest BCUT2D eigenvalue weighted by Crippen LogP contribution is 2.21. The lowest BCUT2D eigenvalue weighted by Gasteiger charge is -2.09. The Morgan fingerprint density at radius 1 is 1.07 bits per heavy atom. The number of ketones is 1. The van der Waals surface area contributed by atoms with Crippen LogP contribution in [0.4, 0.5) is 5.69 Å². The molecule has 1 heterocycles. The maximum absolute atomic E-state index is 12.2. The minimum atomic E-state index is -0.226. The van der Waals surface area contributed by atoms with Gasteiger partial charge in [-0.2, -0.15) is 5.10 Å². The lowest BCUT2D eigenvalue weighted by Crippen LogP contribution is -2.23. The molecule has 0 radical (unpaired) electrons. The number of amides is 1. The van der Waals surface area contributed by atoms with Crippen molar-refractivity contribution in [2.24, 2.45) is 0 Å². The van der Waals surface area contributed by atoms with E-state index >= 15 is 0 Å². The highest BCUT2D eigenvalue weighted by molar-refractivity contribution is 5.97. The number of carbonyl (C=O) groups excluding carboxylic acids is 2. The largest absolute Gasteiger partial charge is 0.497 e. The smallest absolute Gasteiger partial charge is 0.266 e. The molecular formula is C23H23N3O4. The Morgan fingerprint density at radius 3 is 2.63 bits per heavy atom. The molecule has 0 saturated heterocycles. The average Bonchev–Trinajstić information content (AvgIpc) is 2.75. The number of nitrogens with zero attached hydrogens (tertiary/aromatic N) is 2. The molecule has 0 saturated carbocycles. The van der Waals surface area contributed by atoms with Gasteiger partial charge in [-0.25, -0.2) is 4.68 Å². The second kappa shape index (κ2) is 9.65. The maximum atomic E-state index is 12.2.